The third-order valence-electron chi connectivity index (χ3n) is 6.43. The van der Waals surface area contributed by atoms with Crippen molar-refractivity contribution in [2.45, 2.75) is 56.9 Å². The first kappa shape index (κ1) is 18.1. The van der Waals surface area contributed by atoms with Crippen LogP contribution < -0.4 is 10.2 Å². The van der Waals surface area contributed by atoms with Gasteiger partial charge in [0.2, 0.25) is 5.91 Å². The van der Waals surface area contributed by atoms with Crippen LogP contribution in [0.5, 0.6) is 0 Å². The van der Waals surface area contributed by atoms with E-state index in [4.69, 9.17) is 0 Å². The summed E-state index contributed by atoms with van der Waals surface area (Å²) in [4.78, 5) is 15.6. The van der Waals surface area contributed by atoms with Crippen LogP contribution in [0.1, 0.15) is 50.2 Å². The number of carbonyl (C=O) groups is 1. The molecule has 0 spiro atoms. The summed E-state index contributed by atoms with van der Waals surface area (Å²) >= 11 is 0. The number of hydrogen-bond donors (Lipinski definition) is 1. The fourth-order valence-corrected chi connectivity index (χ4v) is 4.97. The topological polar surface area (TPSA) is 32.3 Å². The lowest BCUT2D eigenvalue weighted by Crippen LogP contribution is -2.43. The maximum absolute atomic E-state index is 13.1. The monoisotopic (exact) mass is 362 g/mol. The Morgan fingerprint density at radius 2 is 1.78 bits per heavy atom. The van der Waals surface area contributed by atoms with E-state index in [1.807, 2.05) is 6.07 Å². The second kappa shape index (κ2) is 7.75. The van der Waals surface area contributed by atoms with E-state index in [1.54, 1.807) is 0 Å². The number of nitrogens with zero attached hydrogens (tertiary/aromatic N) is 1. The summed E-state index contributed by atoms with van der Waals surface area (Å²) in [6.07, 6.45) is 6.34. The molecule has 3 heteroatoms. The highest BCUT2D eigenvalue weighted by Gasteiger charge is 2.42. The minimum atomic E-state index is -0.311. The fourth-order valence-electron chi connectivity index (χ4n) is 4.97. The van der Waals surface area contributed by atoms with Crippen LogP contribution in [0.2, 0.25) is 0 Å². The molecule has 0 bridgehead atoms. The number of amides is 1. The van der Waals surface area contributed by atoms with Crippen molar-refractivity contribution < 1.29 is 4.79 Å². The van der Waals surface area contributed by atoms with E-state index in [0.717, 1.165) is 51.6 Å². The fraction of sp³-hybridized carbons (Fsp3) is 0.458. The molecular weight excluding hydrogens is 332 g/mol. The van der Waals surface area contributed by atoms with Gasteiger partial charge in [-0.15, -0.1) is 0 Å². The predicted octanol–water partition coefficient (Wildman–Crippen LogP) is 4.46. The Hall–Kier alpha value is -2.29. The van der Waals surface area contributed by atoms with Crippen molar-refractivity contribution in [3.63, 3.8) is 0 Å². The first-order valence-electron chi connectivity index (χ1n) is 10.4. The van der Waals surface area contributed by atoms with E-state index in [-0.39, 0.29) is 11.3 Å². The molecule has 27 heavy (non-hydrogen) atoms. The second-order valence-electron chi connectivity index (χ2n) is 8.14. The van der Waals surface area contributed by atoms with Crippen molar-refractivity contribution in [3.05, 3.63) is 65.7 Å². The Balaban J connectivity index is 1.34. The molecule has 2 aromatic carbocycles. The van der Waals surface area contributed by atoms with Crippen molar-refractivity contribution in [2.75, 3.05) is 18.0 Å². The summed E-state index contributed by atoms with van der Waals surface area (Å²) in [5.74, 6) is 0.223. The Bertz CT molecular complexity index is 780. The number of para-hydroxylation sites is 1. The molecule has 1 aliphatic carbocycles. The normalized spacial score (nSPS) is 20.5. The lowest BCUT2D eigenvalue weighted by molar-refractivity contribution is -0.126. The first-order valence-corrected chi connectivity index (χ1v) is 10.4. The third-order valence-corrected chi connectivity index (χ3v) is 6.43. The minimum absolute atomic E-state index is 0.223. The lowest BCUT2D eigenvalue weighted by Gasteiger charge is -2.29. The number of rotatable bonds is 6. The SMILES string of the molecule is CC1Cc2ccccc2N1CCCNC(=O)C1(c2ccccc2)CCCC1. The summed E-state index contributed by atoms with van der Waals surface area (Å²) in [6, 6.07) is 19.6. The zero-order valence-corrected chi connectivity index (χ0v) is 16.3. The van der Waals surface area contributed by atoms with E-state index in [9.17, 15) is 4.79 Å². The summed E-state index contributed by atoms with van der Waals surface area (Å²) in [6.45, 7) is 4.04. The molecule has 4 rings (SSSR count). The van der Waals surface area contributed by atoms with Gasteiger partial charge < -0.3 is 10.2 Å². The van der Waals surface area contributed by atoms with Gasteiger partial charge in [0, 0.05) is 24.8 Å². The van der Waals surface area contributed by atoms with E-state index < -0.39 is 0 Å². The standard InChI is InChI=1S/C24H30N2O/c1-19-18-20-10-5-6-13-22(20)26(19)17-9-16-25-23(27)24(14-7-8-15-24)21-11-3-2-4-12-21/h2-6,10-13,19H,7-9,14-18H2,1H3,(H,25,27). The van der Waals surface area contributed by atoms with Crippen LogP contribution >= 0.6 is 0 Å². The van der Waals surface area contributed by atoms with Crippen molar-refractivity contribution in [1.29, 1.82) is 0 Å². The largest absolute Gasteiger partial charge is 0.368 e. The van der Waals surface area contributed by atoms with Crippen LogP contribution in [0.3, 0.4) is 0 Å². The number of hydrogen-bond acceptors (Lipinski definition) is 2. The van der Waals surface area contributed by atoms with Gasteiger partial charge in [-0.25, -0.2) is 0 Å². The molecule has 0 saturated heterocycles. The zero-order valence-electron chi connectivity index (χ0n) is 16.3. The van der Waals surface area contributed by atoms with E-state index in [0.29, 0.717) is 6.04 Å². The molecule has 1 saturated carbocycles. The molecular formula is C24H30N2O. The predicted molar refractivity (Wildman–Crippen MR) is 111 cm³/mol. The zero-order chi connectivity index (χ0) is 18.7. The molecule has 0 aromatic heterocycles. The van der Waals surface area contributed by atoms with Gasteiger partial charge in [-0.2, -0.15) is 0 Å². The van der Waals surface area contributed by atoms with Crippen LogP contribution in [0.25, 0.3) is 0 Å². The molecule has 0 radical (unpaired) electrons. The summed E-state index contributed by atoms with van der Waals surface area (Å²) in [5, 5.41) is 3.26. The van der Waals surface area contributed by atoms with Crippen LogP contribution in [-0.4, -0.2) is 25.0 Å². The Kier molecular flexibility index (Phi) is 5.20. The number of nitrogens with one attached hydrogen (secondary N) is 1. The number of fused-ring (bicyclic) bond motifs is 1. The number of carbonyl (C=O) groups excluding carboxylic acids is 1. The number of anilines is 1. The highest BCUT2D eigenvalue weighted by molar-refractivity contribution is 5.88. The quantitative estimate of drug-likeness (QED) is 0.770. The Labute approximate surface area is 162 Å². The van der Waals surface area contributed by atoms with Crippen LogP contribution in [0, 0.1) is 0 Å². The summed E-state index contributed by atoms with van der Waals surface area (Å²) in [5.41, 5.74) is 3.69. The highest BCUT2D eigenvalue weighted by Crippen LogP contribution is 2.41. The van der Waals surface area contributed by atoms with Gasteiger partial charge in [0.15, 0.2) is 0 Å². The maximum atomic E-state index is 13.1. The molecule has 2 aromatic rings. The van der Waals surface area contributed by atoms with Crippen LogP contribution in [-0.2, 0) is 16.6 Å². The molecule has 2 aliphatic rings. The summed E-state index contributed by atoms with van der Waals surface area (Å²) in [7, 11) is 0. The van der Waals surface area contributed by atoms with Crippen molar-refractivity contribution >= 4 is 11.6 Å². The van der Waals surface area contributed by atoms with E-state index >= 15 is 0 Å². The third kappa shape index (κ3) is 3.47. The van der Waals surface area contributed by atoms with Gasteiger partial charge in [-0.05, 0) is 49.8 Å². The Morgan fingerprint density at radius 1 is 1.07 bits per heavy atom. The van der Waals surface area contributed by atoms with Gasteiger partial charge in [0.1, 0.15) is 0 Å². The van der Waals surface area contributed by atoms with Crippen molar-refractivity contribution in [3.8, 4) is 0 Å². The van der Waals surface area contributed by atoms with Gasteiger partial charge in [-0.1, -0.05) is 61.4 Å². The molecule has 1 N–H and O–H groups in total. The van der Waals surface area contributed by atoms with Gasteiger partial charge in [0.25, 0.3) is 0 Å². The van der Waals surface area contributed by atoms with Gasteiger partial charge >= 0.3 is 0 Å². The molecule has 1 atom stereocenters. The minimum Gasteiger partial charge on any atom is -0.368 e. The van der Waals surface area contributed by atoms with E-state index in [2.05, 4.69) is 65.7 Å². The molecule has 1 fully saturated rings. The lowest BCUT2D eigenvalue weighted by atomic mass is 9.78. The second-order valence-corrected chi connectivity index (χ2v) is 8.14. The molecule has 3 nitrogen and oxygen atoms in total. The molecule has 142 valence electrons. The van der Waals surface area contributed by atoms with Crippen molar-refractivity contribution in [2.24, 2.45) is 0 Å². The molecule has 1 unspecified atom stereocenters. The van der Waals surface area contributed by atoms with Crippen LogP contribution in [0.4, 0.5) is 5.69 Å². The number of benzene rings is 2. The smallest absolute Gasteiger partial charge is 0.230 e. The Morgan fingerprint density at radius 3 is 2.56 bits per heavy atom. The highest BCUT2D eigenvalue weighted by atomic mass is 16.2. The maximum Gasteiger partial charge on any atom is 0.230 e. The van der Waals surface area contributed by atoms with Crippen LogP contribution in [0.15, 0.2) is 54.6 Å². The first-order chi connectivity index (χ1) is 13.2. The molecule has 1 heterocycles. The molecule has 1 aliphatic heterocycles. The van der Waals surface area contributed by atoms with Crippen molar-refractivity contribution in [1.82, 2.24) is 5.32 Å². The summed E-state index contributed by atoms with van der Waals surface area (Å²) < 4.78 is 0. The average Bonchev–Trinajstić information content (AvgIpc) is 3.31. The molecule has 1 amide bonds. The van der Waals surface area contributed by atoms with Gasteiger partial charge in [0.05, 0.1) is 5.41 Å². The average molecular weight is 363 g/mol. The van der Waals surface area contributed by atoms with Gasteiger partial charge in [-0.3, -0.25) is 4.79 Å². The van der Waals surface area contributed by atoms with E-state index in [1.165, 1.54) is 16.8 Å².